The molecule has 2 aromatic carbocycles. The Morgan fingerprint density at radius 1 is 1.17 bits per heavy atom. The van der Waals surface area contributed by atoms with Crippen LogP contribution in [0.15, 0.2) is 59.8 Å². The second-order valence-corrected chi connectivity index (χ2v) is 6.59. The summed E-state index contributed by atoms with van der Waals surface area (Å²) in [4.78, 5) is 13.0. The smallest absolute Gasteiger partial charge is 0.387 e. The first-order chi connectivity index (χ1) is 13.9. The monoisotopic (exact) mass is 419 g/mol. The number of benzene rings is 2. The molecule has 0 fully saturated rings. The molecule has 0 bridgehead atoms. The van der Waals surface area contributed by atoms with Gasteiger partial charge in [-0.3, -0.25) is 4.79 Å². The minimum atomic E-state index is -2.98. The summed E-state index contributed by atoms with van der Waals surface area (Å²) in [5.41, 5.74) is 2.24. The molecule has 0 unspecified atom stereocenters. The second-order valence-electron chi connectivity index (χ2n) is 6.18. The van der Waals surface area contributed by atoms with E-state index in [1.54, 1.807) is 25.1 Å². The zero-order chi connectivity index (χ0) is 21.0. The molecule has 3 N–H and O–H groups in total. The van der Waals surface area contributed by atoms with Gasteiger partial charge >= 0.3 is 6.61 Å². The molecule has 29 heavy (non-hydrogen) atoms. The van der Waals surface area contributed by atoms with Gasteiger partial charge in [0.15, 0.2) is 16.6 Å². The second kappa shape index (κ2) is 8.87. The van der Waals surface area contributed by atoms with E-state index in [0.717, 1.165) is 0 Å². The van der Waals surface area contributed by atoms with Crippen molar-refractivity contribution in [1.82, 2.24) is 10.6 Å². The van der Waals surface area contributed by atoms with Gasteiger partial charge in [-0.05, 0) is 49.0 Å². The number of hydrogen-bond donors (Lipinski definition) is 3. The van der Waals surface area contributed by atoms with Crippen LogP contribution in [0, 0.1) is 0 Å². The maximum atomic E-state index is 13.0. The molecular formula is C20H19F2N3O3S. The van der Waals surface area contributed by atoms with Gasteiger partial charge in [0.25, 0.3) is 5.91 Å². The number of nitrogens with one attached hydrogen (secondary N) is 3. The highest BCUT2D eigenvalue weighted by atomic mass is 32.1. The number of anilines is 1. The van der Waals surface area contributed by atoms with Crippen molar-refractivity contribution in [3.05, 3.63) is 65.4 Å². The quantitative estimate of drug-likeness (QED) is 0.620. The normalized spacial score (nSPS) is 16.2. The SMILES string of the molecule is COc1cc([C@H]2NC(=S)NC(C)=C2C(=O)Nc2ccccc2)ccc1OC(F)F. The van der Waals surface area contributed by atoms with E-state index in [2.05, 4.69) is 20.7 Å². The van der Waals surface area contributed by atoms with Crippen LogP contribution in [-0.4, -0.2) is 24.7 Å². The van der Waals surface area contributed by atoms with Gasteiger partial charge in [-0.1, -0.05) is 24.3 Å². The van der Waals surface area contributed by atoms with Crippen LogP contribution in [0.4, 0.5) is 14.5 Å². The summed E-state index contributed by atoms with van der Waals surface area (Å²) in [6, 6.07) is 12.9. The van der Waals surface area contributed by atoms with Crippen LogP contribution < -0.4 is 25.4 Å². The lowest BCUT2D eigenvalue weighted by Crippen LogP contribution is -2.45. The Kier molecular flexibility index (Phi) is 6.28. The summed E-state index contributed by atoms with van der Waals surface area (Å²) < 4.78 is 34.8. The van der Waals surface area contributed by atoms with Gasteiger partial charge in [0.05, 0.1) is 18.7 Å². The van der Waals surface area contributed by atoms with Crippen molar-refractivity contribution in [3.63, 3.8) is 0 Å². The van der Waals surface area contributed by atoms with Crippen molar-refractivity contribution in [2.45, 2.75) is 19.6 Å². The number of methoxy groups -OCH3 is 1. The molecule has 1 atom stereocenters. The van der Waals surface area contributed by atoms with E-state index in [1.165, 1.54) is 19.2 Å². The number of thiocarbonyl (C=S) groups is 1. The first-order valence-corrected chi connectivity index (χ1v) is 9.07. The number of amides is 1. The van der Waals surface area contributed by atoms with Crippen molar-refractivity contribution in [2.24, 2.45) is 0 Å². The Labute approximate surface area is 171 Å². The molecule has 0 aliphatic carbocycles. The summed E-state index contributed by atoms with van der Waals surface area (Å²) in [5, 5.41) is 9.19. The van der Waals surface area contributed by atoms with Crippen molar-refractivity contribution in [1.29, 1.82) is 0 Å². The number of carbonyl (C=O) groups is 1. The molecule has 0 saturated heterocycles. The van der Waals surface area contributed by atoms with Crippen LogP contribution in [0.3, 0.4) is 0 Å². The summed E-state index contributed by atoms with van der Waals surface area (Å²) in [5.74, 6) is -0.304. The highest BCUT2D eigenvalue weighted by Crippen LogP contribution is 2.35. The first-order valence-electron chi connectivity index (χ1n) is 8.66. The van der Waals surface area contributed by atoms with Gasteiger partial charge in [0.2, 0.25) is 0 Å². The summed E-state index contributed by atoms with van der Waals surface area (Å²) in [7, 11) is 1.35. The highest BCUT2D eigenvalue weighted by Gasteiger charge is 2.30. The molecule has 3 rings (SSSR count). The van der Waals surface area contributed by atoms with E-state index in [9.17, 15) is 13.6 Å². The zero-order valence-corrected chi connectivity index (χ0v) is 16.5. The van der Waals surface area contributed by atoms with Crippen molar-refractivity contribution in [3.8, 4) is 11.5 Å². The van der Waals surface area contributed by atoms with Crippen LogP contribution in [0.2, 0.25) is 0 Å². The number of hydrogen-bond acceptors (Lipinski definition) is 4. The zero-order valence-electron chi connectivity index (χ0n) is 15.7. The number of alkyl halides is 2. The van der Waals surface area contributed by atoms with Crippen molar-refractivity contribution >= 4 is 28.9 Å². The average Bonchev–Trinajstić information content (AvgIpc) is 2.68. The van der Waals surface area contributed by atoms with Crippen molar-refractivity contribution in [2.75, 3.05) is 12.4 Å². The Hall–Kier alpha value is -3.20. The Morgan fingerprint density at radius 2 is 1.90 bits per heavy atom. The van der Waals surface area contributed by atoms with Gasteiger partial charge in [-0.25, -0.2) is 0 Å². The van der Waals surface area contributed by atoms with Gasteiger partial charge in [0, 0.05) is 11.4 Å². The average molecular weight is 419 g/mol. The Bertz CT molecular complexity index is 951. The number of carbonyl (C=O) groups excluding carboxylic acids is 1. The highest BCUT2D eigenvalue weighted by molar-refractivity contribution is 7.80. The summed E-state index contributed by atoms with van der Waals surface area (Å²) in [6.07, 6.45) is 0. The lowest BCUT2D eigenvalue weighted by molar-refractivity contribution is -0.113. The van der Waals surface area contributed by atoms with Crippen LogP contribution in [0.1, 0.15) is 18.5 Å². The fourth-order valence-electron chi connectivity index (χ4n) is 3.02. The lowest BCUT2D eigenvalue weighted by atomic mass is 9.94. The number of allylic oxidation sites excluding steroid dienone is 1. The maximum Gasteiger partial charge on any atom is 0.387 e. The number of para-hydroxylation sites is 1. The molecule has 1 aliphatic heterocycles. The van der Waals surface area contributed by atoms with E-state index < -0.39 is 12.7 Å². The van der Waals surface area contributed by atoms with E-state index in [0.29, 0.717) is 27.6 Å². The van der Waals surface area contributed by atoms with E-state index in [4.69, 9.17) is 17.0 Å². The number of halogens is 2. The molecule has 1 heterocycles. The molecule has 0 saturated carbocycles. The van der Waals surface area contributed by atoms with Gasteiger partial charge in [-0.2, -0.15) is 8.78 Å². The molecule has 1 aliphatic rings. The van der Waals surface area contributed by atoms with Crippen LogP contribution in [0.5, 0.6) is 11.5 Å². The largest absolute Gasteiger partial charge is 0.493 e. The topological polar surface area (TPSA) is 71.6 Å². The van der Waals surface area contributed by atoms with Crippen molar-refractivity contribution < 1.29 is 23.0 Å². The molecular weight excluding hydrogens is 400 g/mol. The third kappa shape index (κ3) is 4.80. The van der Waals surface area contributed by atoms with E-state index >= 15 is 0 Å². The number of rotatable bonds is 6. The molecule has 1 amide bonds. The first kappa shape index (κ1) is 20.5. The Balaban J connectivity index is 1.96. The molecule has 2 aromatic rings. The maximum absolute atomic E-state index is 13.0. The van der Waals surface area contributed by atoms with Gasteiger partial charge in [0.1, 0.15) is 0 Å². The summed E-state index contributed by atoms with van der Waals surface area (Å²) >= 11 is 5.23. The Morgan fingerprint density at radius 3 is 2.55 bits per heavy atom. The lowest BCUT2D eigenvalue weighted by Gasteiger charge is -2.30. The van der Waals surface area contributed by atoms with Gasteiger partial charge in [-0.15, -0.1) is 0 Å². The third-order valence-electron chi connectivity index (χ3n) is 4.28. The fraction of sp³-hybridized carbons (Fsp3) is 0.200. The van der Waals surface area contributed by atoms with Crippen LogP contribution in [0.25, 0.3) is 0 Å². The molecule has 9 heteroatoms. The predicted octanol–water partition coefficient (Wildman–Crippen LogP) is 3.73. The van der Waals surface area contributed by atoms with Crippen LogP contribution in [-0.2, 0) is 4.79 Å². The summed E-state index contributed by atoms with van der Waals surface area (Å²) in [6.45, 7) is -1.24. The minimum Gasteiger partial charge on any atom is -0.493 e. The molecule has 0 radical (unpaired) electrons. The van der Waals surface area contributed by atoms with E-state index in [1.807, 2.05) is 18.2 Å². The molecule has 0 spiro atoms. The molecule has 6 nitrogen and oxygen atoms in total. The van der Waals surface area contributed by atoms with E-state index in [-0.39, 0.29) is 17.4 Å². The predicted molar refractivity (Wildman–Crippen MR) is 109 cm³/mol. The standard InChI is InChI=1S/C20H19F2N3O3S/c1-11-16(18(26)24-13-6-4-3-5-7-13)17(25-20(29)23-11)12-8-9-14(28-19(21)22)15(10-12)27-2/h3-10,17,19H,1-2H3,(H,24,26)(H2,23,25,29)/t17-/m1/s1. The minimum absolute atomic E-state index is 0.0984. The van der Waals surface area contributed by atoms with Crippen LogP contribution >= 0.6 is 12.2 Å². The van der Waals surface area contributed by atoms with Gasteiger partial charge < -0.3 is 25.4 Å². The third-order valence-corrected chi connectivity index (χ3v) is 4.50. The molecule has 152 valence electrons. The fourth-order valence-corrected chi connectivity index (χ4v) is 3.29. The number of ether oxygens (including phenoxy) is 2. The molecule has 0 aromatic heterocycles.